The standard InChI is InChI=1S/C18H24N2O4/c1-13(2)12-24-15-6-4-3-5-14(15)11-19-16(21)9-10-20-17(22)7-8-18(20)23/h3-6,13H,7-12H2,1-2H3,(H,19,21). The number of para-hydroxylation sites is 1. The van der Waals surface area contributed by atoms with Crippen molar-refractivity contribution in [3.8, 4) is 5.75 Å². The zero-order chi connectivity index (χ0) is 17.5. The molecule has 1 fully saturated rings. The topological polar surface area (TPSA) is 75.7 Å². The average Bonchev–Trinajstić information content (AvgIpc) is 2.88. The lowest BCUT2D eigenvalue weighted by atomic mass is 10.2. The van der Waals surface area contributed by atoms with Crippen LogP contribution in [0.3, 0.4) is 0 Å². The smallest absolute Gasteiger partial charge is 0.229 e. The quantitative estimate of drug-likeness (QED) is 0.738. The molecule has 130 valence electrons. The molecule has 1 N–H and O–H groups in total. The van der Waals surface area contributed by atoms with Crippen molar-refractivity contribution in [1.29, 1.82) is 0 Å². The first kappa shape index (κ1) is 18.0. The van der Waals surface area contributed by atoms with E-state index in [-0.39, 0.29) is 43.5 Å². The fourth-order valence-electron chi connectivity index (χ4n) is 2.41. The minimum atomic E-state index is -0.194. The van der Waals surface area contributed by atoms with Gasteiger partial charge in [0.05, 0.1) is 6.61 Å². The van der Waals surface area contributed by atoms with Crippen LogP contribution in [0.25, 0.3) is 0 Å². The summed E-state index contributed by atoms with van der Waals surface area (Å²) in [5.74, 6) is 0.598. The van der Waals surface area contributed by atoms with Crippen LogP contribution in [0, 0.1) is 5.92 Å². The van der Waals surface area contributed by atoms with Gasteiger partial charge in [-0.05, 0) is 12.0 Å². The first-order valence-electron chi connectivity index (χ1n) is 8.28. The van der Waals surface area contributed by atoms with Crippen molar-refractivity contribution < 1.29 is 19.1 Å². The molecule has 0 radical (unpaired) electrons. The van der Waals surface area contributed by atoms with Crippen molar-refractivity contribution in [2.45, 2.75) is 39.7 Å². The summed E-state index contributed by atoms with van der Waals surface area (Å²) in [5.41, 5.74) is 0.903. The van der Waals surface area contributed by atoms with Gasteiger partial charge in [-0.25, -0.2) is 0 Å². The van der Waals surface area contributed by atoms with E-state index in [1.807, 2.05) is 24.3 Å². The van der Waals surface area contributed by atoms with Gasteiger partial charge >= 0.3 is 0 Å². The summed E-state index contributed by atoms with van der Waals surface area (Å²) in [4.78, 5) is 36.1. The molecule has 3 amide bonds. The van der Waals surface area contributed by atoms with Crippen LogP contribution >= 0.6 is 0 Å². The van der Waals surface area contributed by atoms with E-state index in [0.717, 1.165) is 11.3 Å². The molecule has 1 heterocycles. The van der Waals surface area contributed by atoms with Gasteiger partial charge in [0.1, 0.15) is 5.75 Å². The number of carbonyl (C=O) groups excluding carboxylic acids is 3. The maximum Gasteiger partial charge on any atom is 0.229 e. The third-order valence-corrected chi connectivity index (χ3v) is 3.74. The summed E-state index contributed by atoms with van der Waals surface area (Å²) in [5, 5.41) is 2.81. The van der Waals surface area contributed by atoms with E-state index in [9.17, 15) is 14.4 Å². The number of rotatable bonds is 8. The summed E-state index contributed by atoms with van der Waals surface area (Å²) < 4.78 is 5.75. The summed E-state index contributed by atoms with van der Waals surface area (Å²) in [6.07, 6.45) is 0.620. The molecule has 0 aromatic heterocycles. The van der Waals surface area contributed by atoms with Gasteiger partial charge < -0.3 is 10.1 Å². The fourth-order valence-corrected chi connectivity index (χ4v) is 2.41. The van der Waals surface area contributed by atoms with Gasteiger partial charge in [-0.3, -0.25) is 19.3 Å². The number of likely N-dealkylation sites (tertiary alicyclic amines) is 1. The van der Waals surface area contributed by atoms with Gasteiger partial charge in [0.15, 0.2) is 0 Å². The number of hydrogen-bond donors (Lipinski definition) is 1. The van der Waals surface area contributed by atoms with Crippen LogP contribution in [-0.4, -0.2) is 35.8 Å². The highest BCUT2D eigenvalue weighted by Crippen LogP contribution is 2.18. The number of hydrogen-bond acceptors (Lipinski definition) is 4. The molecule has 1 saturated heterocycles. The second-order valence-corrected chi connectivity index (χ2v) is 6.28. The number of amides is 3. The predicted molar refractivity (Wildman–Crippen MR) is 89.2 cm³/mol. The van der Waals surface area contributed by atoms with E-state index < -0.39 is 0 Å². The van der Waals surface area contributed by atoms with E-state index >= 15 is 0 Å². The van der Waals surface area contributed by atoms with Gasteiger partial charge in [-0.2, -0.15) is 0 Å². The largest absolute Gasteiger partial charge is 0.493 e. The highest BCUT2D eigenvalue weighted by atomic mass is 16.5. The molecule has 0 bridgehead atoms. The minimum absolute atomic E-state index is 0.118. The third kappa shape index (κ3) is 5.08. The second kappa shape index (κ2) is 8.47. The minimum Gasteiger partial charge on any atom is -0.493 e. The zero-order valence-electron chi connectivity index (χ0n) is 14.2. The second-order valence-electron chi connectivity index (χ2n) is 6.28. The molecule has 0 aliphatic carbocycles. The van der Waals surface area contributed by atoms with Gasteiger partial charge in [0, 0.05) is 37.9 Å². The normalized spacial score (nSPS) is 14.4. The van der Waals surface area contributed by atoms with Crippen LogP contribution in [0.4, 0.5) is 0 Å². The average molecular weight is 332 g/mol. The molecule has 1 aromatic carbocycles. The summed E-state index contributed by atoms with van der Waals surface area (Å²) in [6.45, 7) is 5.27. The third-order valence-electron chi connectivity index (χ3n) is 3.74. The predicted octanol–water partition coefficient (Wildman–Crippen LogP) is 1.88. The van der Waals surface area contributed by atoms with E-state index in [2.05, 4.69) is 19.2 Å². The van der Waals surface area contributed by atoms with Crippen molar-refractivity contribution in [2.75, 3.05) is 13.2 Å². The Morgan fingerprint density at radius 1 is 1.21 bits per heavy atom. The number of imide groups is 1. The lowest BCUT2D eigenvalue weighted by Gasteiger charge is -2.15. The monoisotopic (exact) mass is 332 g/mol. The molecule has 1 aromatic rings. The highest BCUT2D eigenvalue weighted by Gasteiger charge is 2.28. The van der Waals surface area contributed by atoms with E-state index in [4.69, 9.17) is 4.74 Å². The Balaban J connectivity index is 1.81. The molecule has 0 spiro atoms. The number of nitrogens with one attached hydrogen (secondary N) is 1. The van der Waals surface area contributed by atoms with E-state index in [1.54, 1.807) is 0 Å². The molecule has 2 rings (SSSR count). The van der Waals surface area contributed by atoms with Gasteiger partial charge in [0.2, 0.25) is 17.7 Å². The van der Waals surface area contributed by atoms with Crippen molar-refractivity contribution in [2.24, 2.45) is 5.92 Å². The highest BCUT2D eigenvalue weighted by molar-refractivity contribution is 6.02. The molecule has 6 nitrogen and oxygen atoms in total. The Labute approximate surface area is 142 Å². The number of ether oxygens (including phenoxy) is 1. The van der Waals surface area contributed by atoms with Crippen LogP contribution in [-0.2, 0) is 20.9 Å². The Bertz CT molecular complexity index is 597. The Hall–Kier alpha value is -2.37. The summed E-state index contributed by atoms with van der Waals surface area (Å²) in [6, 6.07) is 7.58. The van der Waals surface area contributed by atoms with Gasteiger partial charge in [-0.15, -0.1) is 0 Å². The SMILES string of the molecule is CC(C)COc1ccccc1CNC(=O)CCN1C(=O)CCC1=O. The lowest BCUT2D eigenvalue weighted by molar-refractivity contribution is -0.138. The molecule has 24 heavy (non-hydrogen) atoms. The zero-order valence-corrected chi connectivity index (χ0v) is 14.2. The lowest BCUT2D eigenvalue weighted by Crippen LogP contribution is -2.34. The Kier molecular flexibility index (Phi) is 6.35. The fraction of sp³-hybridized carbons (Fsp3) is 0.500. The number of benzene rings is 1. The van der Waals surface area contributed by atoms with Crippen LogP contribution in [0.5, 0.6) is 5.75 Å². The van der Waals surface area contributed by atoms with E-state index in [0.29, 0.717) is 19.1 Å². The van der Waals surface area contributed by atoms with Gasteiger partial charge in [0.25, 0.3) is 0 Å². The van der Waals surface area contributed by atoms with E-state index in [1.165, 1.54) is 4.90 Å². The molecular weight excluding hydrogens is 308 g/mol. The Morgan fingerprint density at radius 2 is 1.88 bits per heavy atom. The number of carbonyl (C=O) groups is 3. The van der Waals surface area contributed by atoms with Crippen molar-refractivity contribution in [3.63, 3.8) is 0 Å². The van der Waals surface area contributed by atoms with Crippen LogP contribution in [0.15, 0.2) is 24.3 Å². The maximum atomic E-state index is 12.0. The summed E-state index contributed by atoms with van der Waals surface area (Å²) in [7, 11) is 0. The molecule has 6 heteroatoms. The molecule has 0 saturated carbocycles. The van der Waals surface area contributed by atoms with Crippen LogP contribution in [0.2, 0.25) is 0 Å². The molecule has 0 unspecified atom stereocenters. The van der Waals surface area contributed by atoms with Crippen molar-refractivity contribution >= 4 is 17.7 Å². The van der Waals surface area contributed by atoms with Crippen molar-refractivity contribution in [3.05, 3.63) is 29.8 Å². The summed E-state index contributed by atoms with van der Waals surface area (Å²) >= 11 is 0. The first-order chi connectivity index (χ1) is 11.5. The van der Waals surface area contributed by atoms with Crippen LogP contribution in [0.1, 0.15) is 38.7 Å². The number of nitrogens with zero attached hydrogens (tertiary/aromatic N) is 1. The molecular formula is C18H24N2O4. The molecule has 0 atom stereocenters. The maximum absolute atomic E-state index is 12.0. The molecule has 1 aliphatic rings. The molecule has 1 aliphatic heterocycles. The Morgan fingerprint density at radius 3 is 2.54 bits per heavy atom. The van der Waals surface area contributed by atoms with Crippen molar-refractivity contribution in [1.82, 2.24) is 10.2 Å². The first-order valence-corrected chi connectivity index (χ1v) is 8.28. The van der Waals surface area contributed by atoms with Crippen LogP contribution < -0.4 is 10.1 Å². The van der Waals surface area contributed by atoms with Gasteiger partial charge in [-0.1, -0.05) is 32.0 Å².